The molecule has 6 heteroatoms. The first-order chi connectivity index (χ1) is 11.2. The van der Waals surface area contributed by atoms with Crippen LogP contribution in [-0.4, -0.2) is 40.8 Å². The molecule has 1 aromatic carbocycles. The van der Waals surface area contributed by atoms with Gasteiger partial charge in [0.1, 0.15) is 6.04 Å². The van der Waals surface area contributed by atoms with Crippen LogP contribution in [0.25, 0.3) is 10.2 Å². The molecule has 2 amide bonds. The number of amides is 2. The molecule has 2 aromatic rings. The fourth-order valence-electron chi connectivity index (χ4n) is 3.43. The van der Waals surface area contributed by atoms with E-state index in [2.05, 4.69) is 17.4 Å². The van der Waals surface area contributed by atoms with E-state index in [4.69, 9.17) is 4.98 Å². The number of nitrogens with one attached hydrogen (secondary N) is 1. The minimum Gasteiger partial charge on any atom is -0.344 e. The number of thiazole rings is 1. The van der Waals surface area contributed by atoms with Crippen molar-refractivity contribution in [1.29, 1.82) is 0 Å². The standard InChI is InChI=1S/C17H19N3O2S/c21-15-6-5-13(18-15)17(22)20-9-7-11(8-10-20)16-19-12-3-1-2-4-14(12)23-16/h1-4,11,13H,5-10H2,(H,18,21)/t13-/m0/s1. The summed E-state index contributed by atoms with van der Waals surface area (Å²) in [6.07, 6.45) is 3.01. The second-order valence-corrected chi connectivity index (χ2v) is 7.34. The molecule has 1 aromatic heterocycles. The zero-order chi connectivity index (χ0) is 15.8. The van der Waals surface area contributed by atoms with Gasteiger partial charge in [-0.15, -0.1) is 11.3 Å². The molecule has 2 fully saturated rings. The van der Waals surface area contributed by atoms with Crippen molar-refractivity contribution in [2.24, 2.45) is 0 Å². The number of benzene rings is 1. The SMILES string of the molecule is O=C1CC[C@@H](C(=O)N2CCC(c3nc4ccccc4s3)CC2)N1. The van der Waals surface area contributed by atoms with Crippen LogP contribution in [0, 0.1) is 0 Å². The fraction of sp³-hybridized carbons (Fsp3) is 0.471. The first kappa shape index (κ1) is 14.6. The third kappa shape index (κ3) is 2.83. The van der Waals surface area contributed by atoms with Crippen LogP contribution >= 0.6 is 11.3 Å². The lowest BCUT2D eigenvalue weighted by molar-refractivity contribution is -0.135. The Morgan fingerprint density at radius 2 is 2.00 bits per heavy atom. The van der Waals surface area contributed by atoms with Gasteiger partial charge in [-0.1, -0.05) is 12.1 Å². The van der Waals surface area contributed by atoms with Crippen LogP contribution in [0.4, 0.5) is 0 Å². The number of rotatable bonds is 2. The molecule has 23 heavy (non-hydrogen) atoms. The third-order valence-corrected chi connectivity index (χ3v) is 5.96. The van der Waals surface area contributed by atoms with Crippen molar-refractivity contribution in [3.05, 3.63) is 29.3 Å². The highest BCUT2D eigenvalue weighted by Gasteiger charge is 2.33. The number of hydrogen-bond acceptors (Lipinski definition) is 4. The van der Waals surface area contributed by atoms with Gasteiger partial charge in [0.15, 0.2) is 0 Å². The van der Waals surface area contributed by atoms with Crippen LogP contribution in [0.2, 0.25) is 0 Å². The Morgan fingerprint density at radius 1 is 1.22 bits per heavy atom. The number of aromatic nitrogens is 1. The quantitative estimate of drug-likeness (QED) is 0.919. The summed E-state index contributed by atoms with van der Waals surface area (Å²) >= 11 is 1.77. The molecular weight excluding hydrogens is 310 g/mol. The number of carbonyl (C=O) groups is 2. The number of piperidine rings is 1. The molecule has 2 saturated heterocycles. The van der Waals surface area contributed by atoms with E-state index in [1.165, 1.54) is 9.71 Å². The Morgan fingerprint density at radius 3 is 2.70 bits per heavy atom. The van der Waals surface area contributed by atoms with Gasteiger partial charge >= 0.3 is 0 Å². The van der Waals surface area contributed by atoms with E-state index in [1.54, 1.807) is 11.3 Å². The Balaban J connectivity index is 1.40. The van der Waals surface area contributed by atoms with Crippen molar-refractivity contribution < 1.29 is 9.59 Å². The molecule has 2 aliphatic rings. The highest BCUT2D eigenvalue weighted by Crippen LogP contribution is 2.34. The highest BCUT2D eigenvalue weighted by molar-refractivity contribution is 7.18. The van der Waals surface area contributed by atoms with Gasteiger partial charge < -0.3 is 10.2 Å². The first-order valence-corrected chi connectivity index (χ1v) is 8.96. The molecule has 0 radical (unpaired) electrons. The number of carbonyl (C=O) groups excluding carboxylic acids is 2. The van der Waals surface area contributed by atoms with Gasteiger partial charge in [-0.3, -0.25) is 9.59 Å². The molecule has 4 rings (SSSR count). The molecule has 120 valence electrons. The van der Waals surface area contributed by atoms with Crippen molar-refractivity contribution in [3.8, 4) is 0 Å². The zero-order valence-corrected chi connectivity index (χ0v) is 13.6. The Labute approximate surface area is 138 Å². The molecule has 0 spiro atoms. The summed E-state index contributed by atoms with van der Waals surface area (Å²) in [4.78, 5) is 30.4. The van der Waals surface area contributed by atoms with Crippen LogP contribution in [-0.2, 0) is 9.59 Å². The van der Waals surface area contributed by atoms with Crippen LogP contribution in [0.15, 0.2) is 24.3 Å². The molecule has 3 heterocycles. The van der Waals surface area contributed by atoms with Crippen LogP contribution in [0.1, 0.15) is 36.6 Å². The van der Waals surface area contributed by atoms with E-state index in [-0.39, 0.29) is 17.9 Å². The number of fused-ring (bicyclic) bond motifs is 1. The predicted molar refractivity (Wildman–Crippen MR) is 89.3 cm³/mol. The summed E-state index contributed by atoms with van der Waals surface area (Å²) in [5, 5.41) is 3.96. The average Bonchev–Trinajstić information content (AvgIpc) is 3.20. The lowest BCUT2D eigenvalue weighted by Gasteiger charge is -2.32. The van der Waals surface area contributed by atoms with Crippen LogP contribution in [0.3, 0.4) is 0 Å². The number of likely N-dealkylation sites (tertiary alicyclic amines) is 1. The first-order valence-electron chi connectivity index (χ1n) is 8.14. The van der Waals surface area contributed by atoms with E-state index in [0.29, 0.717) is 18.8 Å². The summed E-state index contributed by atoms with van der Waals surface area (Å²) in [6, 6.07) is 7.92. The topological polar surface area (TPSA) is 62.3 Å². The number of nitrogens with zero attached hydrogens (tertiary/aromatic N) is 2. The van der Waals surface area contributed by atoms with Crippen molar-refractivity contribution in [1.82, 2.24) is 15.2 Å². The Kier molecular flexibility index (Phi) is 3.77. The van der Waals surface area contributed by atoms with Gasteiger partial charge in [-0.05, 0) is 31.4 Å². The minimum absolute atomic E-state index is 0.00675. The van der Waals surface area contributed by atoms with Gasteiger partial charge in [-0.25, -0.2) is 4.98 Å². The van der Waals surface area contributed by atoms with Gasteiger partial charge in [0.2, 0.25) is 11.8 Å². The maximum Gasteiger partial charge on any atom is 0.245 e. The van der Waals surface area contributed by atoms with Gasteiger partial charge in [0, 0.05) is 25.4 Å². The van der Waals surface area contributed by atoms with Gasteiger partial charge in [-0.2, -0.15) is 0 Å². The monoisotopic (exact) mass is 329 g/mol. The van der Waals surface area contributed by atoms with Crippen LogP contribution in [0.5, 0.6) is 0 Å². The molecule has 1 N–H and O–H groups in total. The molecular formula is C17H19N3O2S. The van der Waals surface area contributed by atoms with Crippen molar-refractivity contribution >= 4 is 33.4 Å². The predicted octanol–water partition coefficient (Wildman–Crippen LogP) is 2.28. The molecule has 0 bridgehead atoms. The molecule has 2 aliphatic heterocycles. The molecule has 0 aliphatic carbocycles. The van der Waals surface area contributed by atoms with E-state index in [0.717, 1.165) is 31.4 Å². The van der Waals surface area contributed by atoms with Gasteiger partial charge in [0.05, 0.1) is 15.2 Å². The zero-order valence-electron chi connectivity index (χ0n) is 12.8. The summed E-state index contributed by atoms with van der Waals surface area (Å²) in [6.45, 7) is 1.51. The summed E-state index contributed by atoms with van der Waals surface area (Å²) in [5.41, 5.74) is 1.07. The maximum atomic E-state index is 12.4. The second kappa shape index (κ2) is 5.92. The summed E-state index contributed by atoms with van der Waals surface area (Å²) in [5.74, 6) is 0.515. The molecule has 0 unspecified atom stereocenters. The van der Waals surface area contributed by atoms with E-state index < -0.39 is 0 Å². The molecule has 0 saturated carbocycles. The molecule has 1 atom stereocenters. The average molecular weight is 329 g/mol. The second-order valence-electron chi connectivity index (χ2n) is 6.28. The van der Waals surface area contributed by atoms with E-state index in [1.807, 2.05) is 17.0 Å². The largest absolute Gasteiger partial charge is 0.344 e. The van der Waals surface area contributed by atoms with Crippen molar-refractivity contribution in [3.63, 3.8) is 0 Å². The minimum atomic E-state index is -0.304. The third-order valence-electron chi connectivity index (χ3n) is 4.76. The lowest BCUT2D eigenvalue weighted by Crippen LogP contribution is -2.47. The van der Waals surface area contributed by atoms with Gasteiger partial charge in [0.25, 0.3) is 0 Å². The highest BCUT2D eigenvalue weighted by atomic mass is 32.1. The summed E-state index contributed by atoms with van der Waals surface area (Å²) < 4.78 is 1.23. The van der Waals surface area contributed by atoms with Crippen molar-refractivity contribution in [2.75, 3.05) is 13.1 Å². The number of para-hydroxylation sites is 1. The van der Waals surface area contributed by atoms with E-state index in [9.17, 15) is 9.59 Å². The Bertz CT molecular complexity index is 716. The van der Waals surface area contributed by atoms with Crippen molar-refractivity contribution in [2.45, 2.75) is 37.6 Å². The maximum absolute atomic E-state index is 12.4. The fourth-order valence-corrected chi connectivity index (χ4v) is 4.57. The molecule has 5 nitrogen and oxygen atoms in total. The summed E-state index contributed by atoms with van der Waals surface area (Å²) in [7, 11) is 0. The Hall–Kier alpha value is -1.95. The smallest absolute Gasteiger partial charge is 0.245 e. The van der Waals surface area contributed by atoms with Crippen LogP contribution < -0.4 is 5.32 Å². The lowest BCUT2D eigenvalue weighted by atomic mass is 9.97. The number of hydrogen-bond donors (Lipinski definition) is 1. The normalized spacial score (nSPS) is 22.5. The van der Waals surface area contributed by atoms with E-state index >= 15 is 0 Å².